The van der Waals surface area contributed by atoms with Gasteiger partial charge < -0.3 is 10.0 Å². The summed E-state index contributed by atoms with van der Waals surface area (Å²) in [7, 11) is 0. The van der Waals surface area contributed by atoms with Gasteiger partial charge in [-0.1, -0.05) is 6.92 Å². The lowest BCUT2D eigenvalue weighted by atomic mass is 9.76. The van der Waals surface area contributed by atoms with E-state index in [1.165, 1.54) is 0 Å². The van der Waals surface area contributed by atoms with Crippen LogP contribution in [0.3, 0.4) is 0 Å². The zero-order valence-electron chi connectivity index (χ0n) is 10.9. The lowest BCUT2D eigenvalue weighted by Crippen LogP contribution is -2.52. The minimum absolute atomic E-state index is 0.122. The topological polar surface area (TPSA) is 69.6 Å². The number of unbranched alkanes of at least 4 members (excludes halogenated alkanes) is 1. The van der Waals surface area contributed by atoms with E-state index in [1.807, 2.05) is 0 Å². The van der Waals surface area contributed by atoms with E-state index in [2.05, 4.69) is 12.2 Å². The average molecular weight is 254 g/mol. The Hall–Kier alpha value is -1.10. The highest BCUT2D eigenvalue weighted by Gasteiger charge is 2.53. The average Bonchev–Trinajstić information content (AvgIpc) is 2.57. The molecule has 0 aromatic carbocycles. The highest BCUT2D eigenvalue weighted by molar-refractivity contribution is 6.07. The van der Waals surface area contributed by atoms with E-state index in [0.717, 1.165) is 32.1 Å². The molecular formula is C13H22N2O3. The molecular weight excluding hydrogens is 232 g/mol. The third-order valence-electron chi connectivity index (χ3n) is 4.30. The van der Waals surface area contributed by atoms with E-state index >= 15 is 0 Å². The summed E-state index contributed by atoms with van der Waals surface area (Å²) in [6, 6.07) is -0.257. The smallest absolute Gasteiger partial charge is 0.325 e. The molecule has 0 bridgehead atoms. The summed E-state index contributed by atoms with van der Waals surface area (Å²) in [5.74, 6) is 0.516. The first-order chi connectivity index (χ1) is 8.60. The summed E-state index contributed by atoms with van der Waals surface area (Å²) in [6.45, 7) is 2.89. The van der Waals surface area contributed by atoms with Crippen LogP contribution in [0.2, 0.25) is 0 Å². The van der Waals surface area contributed by atoms with Gasteiger partial charge in [0.05, 0.1) is 0 Å². The Morgan fingerprint density at radius 3 is 2.61 bits per heavy atom. The van der Waals surface area contributed by atoms with Crippen molar-refractivity contribution in [2.45, 2.75) is 51.0 Å². The normalized spacial score (nSPS) is 32.1. The molecule has 0 unspecified atom stereocenters. The first kappa shape index (κ1) is 13.3. The van der Waals surface area contributed by atoms with Gasteiger partial charge in [0.1, 0.15) is 5.54 Å². The molecule has 2 N–H and O–H groups in total. The number of urea groups is 1. The molecule has 0 aromatic heterocycles. The Morgan fingerprint density at radius 1 is 1.33 bits per heavy atom. The number of rotatable bonds is 4. The van der Waals surface area contributed by atoms with Crippen molar-refractivity contribution in [2.75, 3.05) is 13.2 Å². The second kappa shape index (κ2) is 5.26. The summed E-state index contributed by atoms with van der Waals surface area (Å²) in [6.07, 6.45) is 4.95. The van der Waals surface area contributed by atoms with E-state index in [0.29, 0.717) is 18.9 Å². The van der Waals surface area contributed by atoms with Crippen LogP contribution in [0.5, 0.6) is 0 Å². The number of hydrogen-bond donors (Lipinski definition) is 2. The molecule has 1 saturated heterocycles. The van der Waals surface area contributed by atoms with Crippen LogP contribution in [-0.2, 0) is 4.79 Å². The Labute approximate surface area is 108 Å². The molecule has 3 amide bonds. The van der Waals surface area contributed by atoms with Crippen molar-refractivity contribution in [3.63, 3.8) is 0 Å². The summed E-state index contributed by atoms with van der Waals surface area (Å²) in [4.78, 5) is 25.7. The van der Waals surface area contributed by atoms with Gasteiger partial charge in [0, 0.05) is 13.2 Å². The van der Waals surface area contributed by atoms with E-state index < -0.39 is 5.54 Å². The van der Waals surface area contributed by atoms with Gasteiger partial charge in [-0.25, -0.2) is 4.79 Å². The predicted octanol–water partition coefficient (Wildman–Crippen LogP) is 1.26. The van der Waals surface area contributed by atoms with Gasteiger partial charge in [-0.3, -0.25) is 10.1 Å². The van der Waals surface area contributed by atoms with Crippen molar-refractivity contribution in [1.29, 1.82) is 0 Å². The molecule has 0 aromatic rings. The van der Waals surface area contributed by atoms with Crippen LogP contribution < -0.4 is 5.32 Å². The van der Waals surface area contributed by atoms with Crippen molar-refractivity contribution >= 4 is 11.9 Å². The Balaban J connectivity index is 2.09. The van der Waals surface area contributed by atoms with Gasteiger partial charge >= 0.3 is 6.03 Å². The Morgan fingerprint density at radius 2 is 2.00 bits per heavy atom. The molecule has 0 radical (unpaired) electrons. The third kappa shape index (κ3) is 2.23. The zero-order chi connectivity index (χ0) is 13.2. The lowest BCUT2D eigenvalue weighted by Gasteiger charge is -2.40. The lowest BCUT2D eigenvalue weighted by molar-refractivity contribution is -0.128. The standard InChI is InChI=1S/C13H22N2O3/c1-10-4-6-13(7-5-10)11(17)14-12(18)15(13)8-2-3-9-16/h10,16H,2-9H2,1H3,(H,14,17,18). The van der Waals surface area contributed by atoms with Gasteiger partial charge in [-0.15, -0.1) is 0 Å². The number of carbonyl (C=O) groups excluding carboxylic acids is 2. The van der Waals surface area contributed by atoms with Crippen LogP contribution in [-0.4, -0.2) is 40.6 Å². The van der Waals surface area contributed by atoms with Crippen molar-refractivity contribution in [3.8, 4) is 0 Å². The molecule has 1 saturated carbocycles. The minimum Gasteiger partial charge on any atom is -0.396 e. The maximum atomic E-state index is 12.1. The number of imide groups is 1. The van der Waals surface area contributed by atoms with Gasteiger partial charge in [0.2, 0.25) is 0 Å². The van der Waals surface area contributed by atoms with Crippen LogP contribution in [0, 0.1) is 5.92 Å². The number of amides is 3. The van der Waals surface area contributed by atoms with Crippen LogP contribution in [0.4, 0.5) is 4.79 Å². The molecule has 1 heterocycles. The quantitative estimate of drug-likeness (QED) is 0.586. The fourth-order valence-electron chi connectivity index (χ4n) is 3.03. The van der Waals surface area contributed by atoms with E-state index in [9.17, 15) is 9.59 Å². The molecule has 18 heavy (non-hydrogen) atoms. The van der Waals surface area contributed by atoms with Crippen LogP contribution in [0.1, 0.15) is 45.4 Å². The second-order valence-electron chi connectivity index (χ2n) is 5.56. The van der Waals surface area contributed by atoms with Crippen LogP contribution in [0.15, 0.2) is 0 Å². The van der Waals surface area contributed by atoms with Crippen LogP contribution in [0.25, 0.3) is 0 Å². The molecule has 5 heteroatoms. The largest absolute Gasteiger partial charge is 0.396 e. The third-order valence-corrected chi connectivity index (χ3v) is 4.30. The number of carbonyl (C=O) groups is 2. The summed E-state index contributed by atoms with van der Waals surface area (Å²) in [5.41, 5.74) is -0.598. The fourth-order valence-corrected chi connectivity index (χ4v) is 3.03. The maximum Gasteiger partial charge on any atom is 0.325 e. The first-order valence-corrected chi connectivity index (χ1v) is 6.84. The zero-order valence-corrected chi connectivity index (χ0v) is 10.9. The summed E-state index contributed by atoms with van der Waals surface area (Å²) < 4.78 is 0. The SMILES string of the molecule is CC1CCC2(CC1)C(=O)NC(=O)N2CCCCO. The molecule has 1 aliphatic heterocycles. The van der Waals surface area contributed by atoms with Gasteiger partial charge in [0.25, 0.3) is 5.91 Å². The highest BCUT2D eigenvalue weighted by atomic mass is 16.3. The van der Waals surface area contributed by atoms with Crippen molar-refractivity contribution in [3.05, 3.63) is 0 Å². The monoisotopic (exact) mass is 254 g/mol. The van der Waals surface area contributed by atoms with Crippen molar-refractivity contribution in [2.24, 2.45) is 5.92 Å². The van der Waals surface area contributed by atoms with Crippen LogP contribution >= 0.6 is 0 Å². The number of nitrogens with one attached hydrogen (secondary N) is 1. The predicted molar refractivity (Wildman–Crippen MR) is 66.9 cm³/mol. The van der Waals surface area contributed by atoms with E-state index in [1.54, 1.807) is 4.90 Å². The van der Waals surface area contributed by atoms with Crippen molar-refractivity contribution < 1.29 is 14.7 Å². The van der Waals surface area contributed by atoms with E-state index in [-0.39, 0.29) is 18.5 Å². The molecule has 1 aliphatic carbocycles. The molecule has 2 rings (SSSR count). The maximum absolute atomic E-state index is 12.1. The molecule has 0 atom stereocenters. The Kier molecular flexibility index (Phi) is 3.90. The molecule has 5 nitrogen and oxygen atoms in total. The number of aliphatic hydroxyl groups excluding tert-OH is 1. The number of aliphatic hydroxyl groups is 1. The van der Waals surface area contributed by atoms with Crippen molar-refractivity contribution in [1.82, 2.24) is 10.2 Å². The minimum atomic E-state index is -0.598. The van der Waals surface area contributed by atoms with Gasteiger partial charge in [-0.05, 0) is 44.4 Å². The number of nitrogens with zero attached hydrogens (tertiary/aromatic N) is 1. The van der Waals surface area contributed by atoms with E-state index in [4.69, 9.17) is 5.11 Å². The Bertz CT molecular complexity index is 335. The van der Waals surface area contributed by atoms with Gasteiger partial charge in [-0.2, -0.15) is 0 Å². The molecule has 102 valence electrons. The number of hydrogen-bond acceptors (Lipinski definition) is 3. The molecule has 2 fully saturated rings. The summed E-state index contributed by atoms with van der Waals surface area (Å²) in [5, 5.41) is 11.3. The summed E-state index contributed by atoms with van der Waals surface area (Å²) >= 11 is 0. The molecule has 2 aliphatic rings. The fraction of sp³-hybridized carbons (Fsp3) is 0.846. The first-order valence-electron chi connectivity index (χ1n) is 6.84. The second-order valence-corrected chi connectivity index (χ2v) is 5.56. The molecule has 1 spiro atoms. The van der Waals surface area contributed by atoms with Gasteiger partial charge in [0.15, 0.2) is 0 Å². The highest BCUT2D eigenvalue weighted by Crippen LogP contribution is 2.39.